The van der Waals surface area contributed by atoms with Gasteiger partial charge in [0, 0.05) is 6.54 Å². The van der Waals surface area contributed by atoms with Crippen LogP contribution in [-0.2, 0) is 6.54 Å². The number of hydrogen-bond donors (Lipinski definition) is 0. The van der Waals surface area contributed by atoms with Crippen LogP contribution in [0.2, 0.25) is 0 Å². The Morgan fingerprint density at radius 3 is 2.92 bits per heavy atom. The summed E-state index contributed by atoms with van der Waals surface area (Å²) in [5.41, 5.74) is 0. The van der Waals surface area contributed by atoms with Crippen LogP contribution in [0, 0.1) is 0 Å². The second kappa shape index (κ2) is 4.52. The molecule has 0 saturated carbocycles. The van der Waals surface area contributed by atoms with E-state index in [-0.39, 0.29) is 0 Å². The van der Waals surface area contributed by atoms with Crippen molar-refractivity contribution >= 4 is 11.8 Å². The van der Waals surface area contributed by atoms with E-state index in [1.807, 2.05) is 16.9 Å². The quantitative estimate of drug-likeness (QED) is 0.657. The third-order valence-electron chi connectivity index (χ3n) is 1.65. The van der Waals surface area contributed by atoms with E-state index in [0.29, 0.717) is 0 Å². The van der Waals surface area contributed by atoms with Crippen molar-refractivity contribution in [1.29, 1.82) is 0 Å². The van der Waals surface area contributed by atoms with Crippen LogP contribution in [0.5, 0.6) is 0 Å². The molecule has 0 amide bonds. The zero-order chi connectivity index (χ0) is 8.97. The smallest absolute Gasteiger partial charge is 0.0937 e. The molecule has 1 rings (SSSR count). The van der Waals surface area contributed by atoms with Gasteiger partial charge in [-0.2, -0.15) is 5.10 Å². The SMILES string of the molecule is CSc1ccnn1CCN(C)C. The number of thioether (sulfide) groups is 1. The maximum absolute atomic E-state index is 4.23. The molecule has 0 aliphatic rings. The van der Waals surface area contributed by atoms with Crippen LogP contribution in [0.25, 0.3) is 0 Å². The second-order valence-corrected chi connectivity index (χ2v) is 3.73. The lowest BCUT2D eigenvalue weighted by atomic mass is 10.6. The first-order chi connectivity index (χ1) is 5.74. The molecule has 0 unspecified atom stereocenters. The Kier molecular flexibility index (Phi) is 3.62. The summed E-state index contributed by atoms with van der Waals surface area (Å²) >= 11 is 1.74. The molecule has 3 nitrogen and oxygen atoms in total. The van der Waals surface area contributed by atoms with E-state index in [4.69, 9.17) is 0 Å². The standard InChI is InChI=1S/C8H15N3S/c1-10(2)6-7-11-8(12-3)4-5-9-11/h4-5H,6-7H2,1-3H3. The fraction of sp³-hybridized carbons (Fsp3) is 0.625. The Bertz CT molecular complexity index is 232. The van der Waals surface area contributed by atoms with Gasteiger partial charge in [-0.25, -0.2) is 0 Å². The molecule has 0 atom stereocenters. The van der Waals surface area contributed by atoms with Gasteiger partial charge in [0.1, 0.15) is 0 Å². The van der Waals surface area contributed by atoms with Gasteiger partial charge < -0.3 is 4.90 Å². The molecule has 0 aliphatic heterocycles. The van der Waals surface area contributed by atoms with Crippen molar-refractivity contribution in [1.82, 2.24) is 14.7 Å². The molecule has 0 N–H and O–H groups in total. The first-order valence-corrected chi connectivity index (χ1v) is 5.17. The molecule has 1 heterocycles. The van der Waals surface area contributed by atoms with Gasteiger partial charge in [0.15, 0.2) is 0 Å². The maximum Gasteiger partial charge on any atom is 0.0937 e. The molecule has 0 bridgehead atoms. The predicted octanol–water partition coefficient (Wildman–Crippen LogP) is 1.17. The summed E-state index contributed by atoms with van der Waals surface area (Å²) in [7, 11) is 4.14. The van der Waals surface area contributed by atoms with Gasteiger partial charge in [0.2, 0.25) is 0 Å². The molecule has 0 aliphatic carbocycles. The van der Waals surface area contributed by atoms with Gasteiger partial charge in [0.05, 0.1) is 17.8 Å². The van der Waals surface area contributed by atoms with Crippen LogP contribution in [0.15, 0.2) is 17.3 Å². The van der Waals surface area contributed by atoms with E-state index in [1.165, 1.54) is 5.03 Å². The van der Waals surface area contributed by atoms with Crippen LogP contribution in [0.1, 0.15) is 0 Å². The van der Waals surface area contributed by atoms with Crippen molar-refractivity contribution in [2.24, 2.45) is 0 Å². The summed E-state index contributed by atoms with van der Waals surface area (Å²) in [5, 5.41) is 5.46. The molecule has 0 fully saturated rings. The zero-order valence-electron chi connectivity index (χ0n) is 7.82. The fourth-order valence-electron chi connectivity index (χ4n) is 0.957. The molecular formula is C8H15N3S. The van der Waals surface area contributed by atoms with Crippen LogP contribution in [-0.4, -0.2) is 41.6 Å². The highest BCUT2D eigenvalue weighted by Crippen LogP contribution is 2.12. The Balaban J connectivity index is 2.50. The van der Waals surface area contributed by atoms with Gasteiger partial charge in [0.25, 0.3) is 0 Å². The highest BCUT2D eigenvalue weighted by Gasteiger charge is 1.99. The normalized spacial score (nSPS) is 11.0. The number of likely N-dealkylation sites (N-methyl/N-ethyl adjacent to an activating group) is 1. The van der Waals surface area contributed by atoms with Crippen molar-refractivity contribution in [2.45, 2.75) is 11.6 Å². The minimum Gasteiger partial charge on any atom is -0.308 e. The lowest BCUT2D eigenvalue weighted by molar-refractivity contribution is 0.365. The molecule has 68 valence electrons. The van der Waals surface area contributed by atoms with E-state index < -0.39 is 0 Å². The summed E-state index contributed by atoms with van der Waals surface area (Å²) in [5.74, 6) is 0. The largest absolute Gasteiger partial charge is 0.308 e. The molecule has 4 heteroatoms. The number of aromatic nitrogens is 2. The van der Waals surface area contributed by atoms with Gasteiger partial charge in [-0.1, -0.05) is 0 Å². The zero-order valence-corrected chi connectivity index (χ0v) is 8.64. The van der Waals surface area contributed by atoms with Crippen molar-refractivity contribution in [3.63, 3.8) is 0 Å². The van der Waals surface area contributed by atoms with Gasteiger partial charge in [-0.05, 0) is 26.4 Å². The van der Waals surface area contributed by atoms with Crippen LogP contribution in [0.3, 0.4) is 0 Å². The monoisotopic (exact) mass is 185 g/mol. The summed E-state index contributed by atoms with van der Waals surface area (Å²) < 4.78 is 2.03. The molecule has 12 heavy (non-hydrogen) atoms. The van der Waals surface area contributed by atoms with E-state index in [0.717, 1.165) is 13.1 Å². The van der Waals surface area contributed by atoms with Crippen molar-refractivity contribution in [3.8, 4) is 0 Å². The average Bonchev–Trinajstić information content (AvgIpc) is 2.47. The Labute approximate surface area is 77.7 Å². The third-order valence-corrected chi connectivity index (χ3v) is 2.41. The first-order valence-electron chi connectivity index (χ1n) is 3.94. The van der Waals surface area contributed by atoms with Gasteiger partial charge in [-0.15, -0.1) is 11.8 Å². The Hall–Kier alpha value is -0.480. The molecule has 0 radical (unpaired) electrons. The molecule has 1 aromatic rings. The minimum atomic E-state index is 0.968. The number of rotatable bonds is 4. The summed E-state index contributed by atoms with van der Waals surface area (Å²) in [6.07, 6.45) is 3.92. The predicted molar refractivity (Wildman–Crippen MR) is 52.6 cm³/mol. The summed E-state index contributed by atoms with van der Waals surface area (Å²) in [6.45, 7) is 2.01. The number of hydrogen-bond acceptors (Lipinski definition) is 3. The summed E-state index contributed by atoms with van der Waals surface area (Å²) in [6, 6.07) is 2.04. The van der Waals surface area contributed by atoms with E-state index in [1.54, 1.807) is 11.8 Å². The summed E-state index contributed by atoms with van der Waals surface area (Å²) in [4.78, 5) is 2.16. The third kappa shape index (κ3) is 2.53. The molecule has 0 aromatic carbocycles. The van der Waals surface area contributed by atoms with Crippen LogP contribution < -0.4 is 0 Å². The van der Waals surface area contributed by atoms with Gasteiger partial charge >= 0.3 is 0 Å². The molecule has 1 aromatic heterocycles. The second-order valence-electron chi connectivity index (χ2n) is 2.90. The van der Waals surface area contributed by atoms with Crippen molar-refractivity contribution < 1.29 is 0 Å². The topological polar surface area (TPSA) is 21.1 Å². The lowest BCUT2D eigenvalue weighted by Crippen LogP contribution is -2.19. The highest BCUT2D eigenvalue weighted by atomic mass is 32.2. The molecule has 0 spiro atoms. The van der Waals surface area contributed by atoms with Crippen molar-refractivity contribution in [3.05, 3.63) is 12.3 Å². The Morgan fingerprint density at radius 2 is 2.33 bits per heavy atom. The number of nitrogens with zero attached hydrogens (tertiary/aromatic N) is 3. The highest BCUT2D eigenvalue weighted by molar-refractivity contribution is 7.98. The van der Waals surface area contributed by atoms with E-state index in [9.17, 15) is 0 Å². The molecular weight excluding hydrogens is 170 g/mol. The van der Waals surface area contributed by atoms with Crippen LogP contribution in [0.4, 0.5) is 0 Å². The van der Waals surface area contributed by atoms with E-state index >= 15 is 0 Å². The lowest BCUT2D eigenvalue weighted by Gasteiger charge is -2.10. The Morgan fingerprint density at radius 1 is 1.58 bits per heavy atom. The van der Waals surface area contributed by atoms with E-state index in [2.05, 4.69) is 30.3 Å². The van der Waals surface area contributed by atoms with Crippen LogP contribution >= 0.6 is 11.8 Å². The first kappa shape index (κ1) is 9.61. The molecule has 0 saturated heterocycles. The maximum atomic E-state index is 4.23. The average molecular weight is 185 g/mol. The van der Waals surface area contributed by atoms with Gasteiger partial charge in [-0.3, -0.25) is 4.68 Å². The fourth-order valence-corrected chi connectivity index (χ4v) is 1.50. The minimum absolute atomic E-state index is 0.968. The van der Waals surface area contributed by atoms with Crippen molar-refractivity contribution in [2.75, 3.05) is 26.9 Å².